The number of likely N-dealkylation sites (tertiary alicyclic amines) is 1. The molecule has 4 rings (SSSR count). The van der Waals surface area contributed by atoms with E-state index in [0.29, 0.717) is 49.0 Å². The van der Waals surface area contributed by atoms with Gasteiger partial charge in [0.2, 0.25) is 0 Å². The highest BCUT2D eigenvalue weighted by Crippen LogP contribution is 2.59. The Morgan fingerprint density at radius 3 is 2.80 bits per heavy atom. The van der Waals surface area contributed by atoms with Crippen molar-refractivity contribution < 1.29 is 14.6 Å². The Hall–Kier alpha value is -0.970. The lowest BCUT2D eigenvalue weighted by Gasteiger charge is -2.45. The van der Waals surface area contributed by atoms with Crippen molar-refractivity contribution in [2.45, 2.75) is 83.6 Å². The lowest BCUT2D eigenvalue weighted by molar-refractivity contribution is 0.0811. The molecule has 4 fully saturated rings. The Morgan fingerprint density at radius 2 is 2.07 bits per heavy atom. The van der Waals surface area contributed by atoms with E-state index in [9.17, 15) is 14.6 Å². The van der Waals surface area contributed by atoms with Gasteiger partial charge in [-0.15, -0.1) is 0 Å². The fourth-order valence-corrected chi connectivity index (χ4v) is 7.16. The molecule has 1 saturated heterocycles. The van der Waals surface area contributed by atoms with Gasteiger partial charge in [0, 0.05) is 26.1 Å². The molecule has 3 nitrogen and oxygen atoms in total. The first-order valence-corrected chi connectivity index (χ1v) is 12.1. The smallest absolute Gasteiger partial charge is 0.114 e. The minimum Gasteiger partial charge on any atom is -0.393 e. The summed E-state index contributed by atoms with van der Waals surface area (Å²) < 4.78 is 13.6. The van der Waals surface area contributed by atoms with Gasteiger partial charge in [0.05, 0.1) is 12.2 Å². The number of alkyl halides is 1. The van der Waals surface area contributed by atoms with E-state index in [4.69, 9.17) is 0 Å². The molecule has 0 radical (unpaired) electrons. The molecule has 1 aliphatic heterocycles. The average molecular weight is 418 g/mol. The van der Waals surface area contributed by atoms with Crippen molar-refractivity contribution in [2.24, 2.45) is 23.2 Å². The summed E-state index contributed by atoms with van der Waals surface area (Å²) in [5, 5.41) is 20.2. The Kier molecular flexibility index (Phi) is 6.58. The maximum atomic E-state index is 13.6. The zero-order valence-electron chi connectivity index (χ0n) is 18.8. The molecule has 4 heteroatoms. The van der Waals surface area contributed by atoms with Gasteiger partial charge in [0.1, 0.15) is 6.17 Å². The highest BCUT2D eigenvalue weighted by molar-refractivity contribution is 5.38. The van der Waals surface area contributed by atoms with Crippen molar-refractivity contribution >= 4 is 0 Å². The largest absolute Gasteiger partial charge is 0.393 e. The lowest BCUT2D eigenvalue weighted by Crippen LogP contribution is -2.39. The van der Waals surface area contributed by atoms with Crippen LogP contribution in [0.3, 0.4) is 0 Å². The number of allylic oxidation sites excluding steroid dienone is 3. The van der Waals surface area contributed by atoms with Gasteiger partial charge >= 0.3 is 0 Å². The highest BCUT2D eigenvalue weighted by atomic mass is 19.1. The van der Waals surface area contributed by atoms with Crippen LogP contribution in [0.25, 0.3) is 0 Å². The van der Waals surface area contributed by atoms with E-state index >= 15 is 0 Å². The normalized spacial score (nSPS) is 44.0. The first kappa shape index (κ1) is 22.2. The second-order valence-electron chi connectivity index (χ2n) is 10.8. The summed E-state index contributed by atoms with van der Waals surface area (Å²) in [5.41, 5.74) is 3.64. The summed E-state index contributed by atoms with van der Waals surface area (Å²) >= 11 is 0. The van der Waals surface area contributed by atoms with Gasteiger partial charge in [-0.25, -0.2) is 4.39 Å². The maximum absolute atomic E-state index is 13.6. The summed E-state index contributed by atoms with van der Waals surface area (Å²) in [4.78, 5) is 2.33. The first-order chi connectivity index (χ1) is 14.3. The summed E-state index contributed by atoms with van der Waals surface area (Å²) in [6.45, 7) is 11.5. The third-order valence-corrected chi connectivity index (χ3v) is 8.75. The van der Waals surface area contributed by atoms with E-state index in [1.807, 2.05) is 0 Å². The van der Waals surface area contributed by atoms with Crippen LogP contribution in [0, 0.1) is 23.2 Å². The second-order valence-corrected chi connectivity index (χ2v) is 10.8. The summed E-state index contributed by atoms with van der Waals surface area (Å²) in [6, 6.07) is 0. The first-order valence-electron chi connectivity index (χ1n) is 12.1. The van der Waals surface area contributed by atoms with Gasteiger partial charge in [-0.3, -0.25) is 0 Å². The minimum atomic E-state index is -0.632. The van der Waals surface area contributed by atoms with Gasteiger partial charge in [-0.2, -0.15) is 0 Å². The molecule has 0 aromatic carbocycles. The molecule has 3 aliphatic carbocycles. The summed E-state index contributed by atoms with van der Waals surface area (Å²) in [5.74, 6) is 1.92. The number of aliphatic hydroxyl groups excluding tert-OH is 2. The molecule has 1 heterocycles. The molecule has 0 aromatic rings. The van der Waals surface area contributed by atoms with Crippen molar-refractivity contribution in [1.29, 1.82) is 0 Å². The Labute approximate surface area is 181 Å². The van der Waals surface area contributed by atoms with Crippen LogP contribution >= 0.6 is 0 Å². The van der Waals surface area contributed by atoms with Crippen molar-refractivity contribution in [3.63, 3.8) is 0 Å². The standard InChI is InChI=1S/C26H40FNO2/c1-17(15-28-12-10-21(27)16-28)23-8-9-24-19(5-4-11-26(23,24)3)6-7-20-13-22(29)14-25(30)18(20)2/h6-7,17,21-25,29-30H,2,4-5,8-16H2,1,3H3/b19-6+,20-7-/t17?,21-,22+,23+,24-,25-,26+/m0/s1. The van der Waals surface area contributed by atoms with E-state index in [-0.39, 0.29) is 0 Å². The molecule has 1 unspecified atom stereocenters. The van der Waals surface area contributed by atoms with Gasteiger partial charge in [-0.1, -0.05) is 38.2 Å². The maximum Gasteiger partial charge on any atom is 0.114 e. The molecule has 0 bridgehead atoms. The zero-order valence-corrected chi connectivity index (χ0v) is 18.8. The van der Waals surface area contributed by atoms with Gasteiger partial charge < -0.3 is 15.1 Å². The predicted octanol–water partition coefficient (Wildman–Crippen LogP) is 4.81. The molecular weight excluding hydrogens is 377 g/mol. The number of nitrogens with zero attached hydrogens (tertiary/aromatic N) is 1. The molecule has 7 atom stereocenters. The van der Waals surface area contributed by atoms with Crippen molar-refractivity contribution in [2.75, 3.05) is 19.6 Å². The van der Waals surface area contributed by atoms with Crippen LogP contribution in [0.5, 0.6) is 0 Å². The zero-order chi connectivity index (χ0) is 21.5. The molecule has 0 amide bonds. The van der Waals surface area contributed by atoms with Crippen LogP contribution in [0.2, 0.25) is 0 Å². The van der Waals surface area contributed by atoms with Crippen molar-refractivity contribution in [1.82, 2.24) is 4.90 Å². The molecule has 168 valence electrons. The van der Waals surface area contributed by atoms with Crippen molar-refractivity contribution in [3.05, 3.63) is 35.5 Å². The third kappa shape index (κ3) is 4.33. The number of rotatable bonds is 4. The number of hydrogen-bond donors (Lipinski definition) is 2. The molecule has 0 aromatic heterocycles. The number of aliphatic hydroxyl groups is 2. The number of hydrogen-bond acceptors (Lipinski definition) is 3. The Bertz CT molecular complexity index is 716. The third-order valence-electron chi connectivity index (χ3n) is 8.75. The molecule has 2 N–H and O–H groups in total. The molecule has 4 aliphatic rings. The van der Waals surface area contributed by atoms with Crippen LogP contribution in [-0.4, -0.2) is 53.1 Å². The quantitative estimate of drug-likeness (QED) is 0.690. The van der Waals surface area contributed by atoms with E-state index in [2.05, 4.69) is 37.5 Å². The van der Waals surface area contributed by atoms with Gasteiger partial charge in [0.15, 0.2) is 0 Å². The van der Waals surface area contributed by atoms with E-state index < -0.39 is 18.4 Å². The Balaban J connectivity index is 1.47. The highest BCUT2D eigenvalue weighted by Gasteiger charge is 2.50. The van der Waals surface area contributed by atoms with Crippen LogP contribution in [0.15, 0.2) is 35.5 Å². The SMILES string of the molecule is C=C1/C(=C\C=C2/CCC[C@]3(C)[C@@H](C(C)CN4CC[C@H](F)C4)CC[C@@H]23)C[C@@H](O)C[C@@H]1O. The minimum absolute atomic E-state index is 0.333. The number of fused-ring (bicyclic) bond motifs is 1. The molecule has 0 spiro atoms. The molecule has 30 heavy (non-hydrogen) atoms. The number of halogens is 1. The summed E-state index contributed by atoms with van der Waals surface area (Å²) in [6.07, 6.45) is 10.6. The van der Waals surface area contributed by atoms with Crippen LogP contribution in [-0.2, 0) is 0 Å². The fraction of sp³-hybridized carbons (Fsp3) is 0.769. The van der Waals surface area contributed by atoms with Crippen LogP contribution in [0.4, 0.5) is 4.39 Å². The van der Waals surface area contributed by atoms with Crippen LogP contribution in [0.1, 0.15) is 65.2 Å². The molecule has 3 saturated carbocycles. The second kappa shape index (κ2) is 8.88. The average Bonchev–Trinajstić information content (AvgIpc) is 3.25. The Morgan fingerprint density at radius 1 is 1.27 bits per heavy atom. The van der Waals surface area contributed by atoms with E-state index in [1.165, 1.54) is 25.7 Å². The monoisotopic (exact) mass is 417 g/mol. The van der Waals surface area contributed by atoms with Crippen molar-refractivity contribution in [3.8, 4) is 0 Å². The van der Waals surface area contributed by atoms with Crippen LogP contribution < -0.4 is 0 Å². The van der Waals surface area contributed by atoms with Gasteiger partial charge in [-0.05, 0) is 79.3 Å². The summed E-state index contributed by atoms with van der Waals surface area (Å²) in [7, 11) is 0. The molecular formula is C26H40FNO2. The van der Waals surface area contributed by atoms with Gasteiger partial charge in [0.25, 0.3) is 0 Å². The predicted molar refractivity (Wildman–Crippen MR) is 120 cm³/mol. The fourth-order valence-electron chi connectivity index (χ4n) is 7.16. The topological polar surface area (TPSA) is 43.7 Å². The van der Waals surface area contributed by atoms with E-state index in [1.54, 1.807) is 5.57 Å². The van der Waals surface area contributed by atoms with E-state index in [0.717, 1.165) is 30.7 Å². The lowest BCUT2D eigenvalue weighted by atomic mass is 9.61.